The van der Waals surface area contributed by atoms with Crippen LogP contribution in [-0.2, 0) is 14.1 Å². The summed E-state index contributed by atoms with van der Waals surface area (Å²) in [6.07, 6.45) is 2.82. The molecule has 0 saturated heterocycles. The van der Waals surface area contributed by atoms with Gasteiger partial charge < -0.3 is 0 Å². The van der Waals surface area contributed by atoms with Gasteiger partial charge in [0.15, 0.2) is 6.29 Å². The number of carbonyl (C=O) groups is 1. The predicted octanol–water partition coefficient (Wildman–Crippen LogP) is 4.48. The summed E-state index contributed by atoms with van der Waals surface area (Å²) in [7, 11) is 3.68. The van der Waals surface area contributed by atoms with E-state index in [1.807, 2.05) is 54.3 Å². The summed E-state index contributed by atoms with van der Waals surface area (Å²) < 4.78 is 5.36. The Balaban J connectivity index is 0.000000143. The summed E-state index contributed by atoms with van der Waals surface area (Å²) in [4.78, 5) is 10.7. The van der Waals surface area contributed by atoms with Crippen molar-refractivity contribution in [2.24, 2.45) is 14.1 Å². The van der Waals surface area contributed by atoms with Gasteiger partial charge in [-0.2, -0.15) is 10.2 Å². The SMILES string of the molecule is Cn1cc2cccc(Br)c2n1.Cn1nc2c(Br)cccc2c1C=O. The summed E-state index contributed by atoms with van der Waals surface area (Å²) in [5, 5.41) is 10.6. The number of carbonyl (C=O) groups excluding carboxylic acids is 1. The lowest BCUT2D eigenvalue weighted by molar-refractivity contribution is 0.111. The number of fused-ring (bicyclic) bond motifs is 2. The quantitative estimate of drug-likeness (QED) is 0.402. The molecule has 0 fully saturated rings. The van der Waals surface area contributed by atoms with Crippen molar-refractivity contribution in [1.29, 1.82) is 0 Å². The lowest BCUT2D eigenvalue weighted by Gasteiger charge is -1.90. The van der Waals surface area contributed by atoms with Gasteiger partial charge in [-0.25, -0.2) is 0 Å². The number of nitrogens with zero attached hydrogens (tertiary/aromatic N) is 4. The molecule has 2 aromatic heterocycles. The Bertz CT molecular complexity index is 1040. The fourth-order valence-electron chi connectivity index (χ4n) is 2.47. The molecule has 0 radical (unpaired) electrons. The van der Waals surface area contributed by atoms with Crippen molar-refractivity contribution in [3.05, 3.63) is 57.2 Å². The fraction of sp³-hybridized carbons (Fsp3) is 0.118. The summed E-state index contributed by atoms with van der Waals surface area (Å²) in [6, 6.07) is 11.7. The molecule has 0 aliphatic carbocycles. The highest BCUT2D eigenvalue weighted by Crippen LogP contribution is 2.24. The molecule has 0 aliphatic heterocycles. The van der Waals surface area contributed by atoms with Crippen molar-refractivity contribution in [1.82, 2.24) is 19.6 Å². The Kier molecular flexibility index (Phi) is 4.82. The van der Waals surface area contributed by atoms with Crippen LogP contribution in [-0.4, -0.2) is 25.8 Å². The molecule has 5 nitrogen and oxygen atoms in total. The highest BCUT2D eigenvalue weighted by atomic mass is 79.9. The molecule has 0 amide bonds. The Labute approximate surface area is 155 Å². The van der Waals surface area contributed by atoms with Crippen LogP contribution in [0.15, 0.2) is 51.5 Å². The van der Waals surface area contributed by atoms with E-state index in [2.05, 4.69) is 42.1 Å². The molecule has 4 aromatic rings. The minimum atomic E-state index is 0.608. The highest BCUT2D eigenvalue weighted by Gasteiger charge is 2.09. The second kappa shape index (κ2) is 6.86. The fourth-order valence-corrected chi connectivity index (χ4v) is 3.38. The zero-order valence-electron chi connectivity index (χ0n) is 13.1. The van der Waals surface area contributed by atoms with E-state index in [9.17, 15) is 4.79 Å². The van der Waals surface area contributed by atoms with Gasteiger partial charge in [0, 0.05) is 40.0 Å². The molecule has 0 unspecified atom stereocenters. The number of aldehydes is 1. The van der Waals surface area contributed by atoms with Crippen molar-refractivity contribution in [3.63, 3.8) is 0 Å². The molecule has 2 heterocycles. The van der Waals surface area contributed by atoms with E-state index in [1.165, 1.54) is 5.39 Å². The third-order valence-corrected chi connectivity index (χ3v) is 4.85. The number of aryl methyl sites for hydroxylation is 2. The molecule has 0 bridgehead atoms. The molecule has 0 saturated carbocycles. The largest absolute Gasteiger partial charge is 0.296 e. The summed E-state index contributed by atoms with van der Waals surface area (Å²) >= 11 is 6.82. The van der Waals surface area contributed by atoms with Gasteiger partial charge in [0.05, 0.1) is 0 Å². The molecule has 0 atom stereocenters. The lowest BCUT2D eigenvalue weighted by atomic mass is 10.2. The third-order valence-electron chi connectivity index (χ3n) is 3.57. The Hall–Kier alpha value is -1.99. The molecular weight excluding hydrogens is 436 g/mol. The number of aromatic nitrogens is 4. The van der Waals surface area contributed by atoms with E-state index in [1.54, 1.807) is 11.7 Å². The van der Waals surface area contributed by atoms with Gasteiger partial charge in [0.2, 0.25) is 0 Å². The third kappa shape index (κ3) is 3.14. The van der Waals surface area contributed by atoms with Crippen molar-refractivity contribution in [2.45, 2.75) is 0 Å². The van der Waals surface area contributed by atoms with Gasteiger partial charge in [-0.1, -0.05) is 24.3 Å². The molecule has 4 rings (SSSR count). The highest BCUT2D eigenvalue weighted by molar-refractivity contribution is 9.11. The topological polar surface area (TPSA) is 52.7 Å². The number of halogens is 2. The lowest BCUT2D eigenvalue weighted by Crippen LogP contribution is -1.95. The van der Waals surface area contributed by atoms with E-state index in [0.29, 0.717) is 5.69 Å². The normalized spacial score (nSPS) is 10.7. The van der Waals surface area contributed by atoms with Crippen molar-refractivity contribution in [2.75, 3.05) is 0 Å². The number of benzene rings is 2. The Morgan fingerprint density at radius 3 is 2.29 bits per heavy atom. The summed E-state index contributed by atoms with van der Waals surface area (Å²) in [6.45, 7) is 0. The van der Waals surface area contributed by atoms with Gasteiger partial charge in [0.25, 0.3) is 0 Å². The monoisotopic (exact) mass is 448 g/mol. The van der Waals surface area contributed by atoms with Gasteiger partial charge >= 0.3 is 0 Å². The molecule has 2 aromatic carbocycles. The smallest absolute Gasteiger partial charge is 0.168 e. The van der Waals surface area contributed by atoms with Crippen molar-refractivity contribution < 1.29 is 4.79 Å². The maximum atomic E-state index is 10.7. The van der Waals surface area contributed by atoms with E-state index < -0.39 is 0 Å². The zero-order valence-corrected chi connectivity index (χ0v) is 16.2. The average molecular weight is 450 g/mol. The van der Waals surface area contributed by atoms with Crippen molar-refractivity contribution >= 4 is 60.0 Å². The number of hydrogen-bond acceptors (Lipinski definition) is 3. The Morgan fingerprint density at radius 1 is 0.958 bits per heavy atom. The standard InChI is InChI=1S/C9H7BrN2O.C8H7BrN2/c1-12-8(5-13)6-3-2-4-7(10)9(6)11-12;1-11-5-6-3-2-4-7(9)8(6)10-11/h2-5H,1H3;2-5H,1H3. The minimum Gasteiger partial charge on any atom is -0.296 e. The van der Waals surface area contributed by atoms with Crippen LogP contribution >= 0.6 is 31.9 Å². The van der Waals surface area contributed by atoms with Crippen LogP contribution in [0.25, 0.3) is 21.8 Å². The van der Waals surface area contributed by atoms with Crippen LogP contribution in [0.1, 0.15) is 10.5 Å². The van der Waals surface area contributed by atoms with Gasteiger partial charge in [0.1, 0.15) is 16.7 Å². The minimum absolute atomic E-state index is 0.608. The summed E-state index contributed by atoms with van der Waals surface area (Å²) in [5.41, 5.74) is 2.46. The number of hydrogen-bond donors (Lipinski definition) is 0. The maximum absolute atomic E-state index is 10.7. The average Bonchev–Trinajstić information content (AvgIpc) is 3.08. The van der Waals surface area contributed by atoms with Gasteiger partial charge in [-0.15, -0.1) is 0 Å². The molecule has 0 spiro atoms. The van der Waals surface area contributed by atoms with Crippen LogP contribution < -0.4 is 0 Å². The van der Waals surface area contributed by atoms with Gasteiger partial charge in [-0.3, -0.25) is 14.2 Å². The first-order chi connectivity index (χ1) is 11.5. The van der Waals surface area contributed by atoms with E-state index in [0.717, 1.165) is 31.7 Å². The molecule has 7 heteroatoms. The first-order valence-electron chi connectivity index (χ1n) is 7.15. The van der Waals surface area contributed by atoms with Crippen LogP contribution in [0, 0.1) is 0 Å². The number of rotatable bonds is 1. The first-order valence-corrected chi connectivity index (χ1v) is 8.74. The van der Waals surface area contributed by atoms with E-state index >= 15 is 0 Å². The maximum Gasteiger partial charge on any atom is 0.168 e. The molecule has 0 N–H and O–H groups in total. The molecule has 122 valence electrons. The molecular formula is C17H14Br2N4O. The summed E-state index contributed by atoms with van der Waals surface area (Å²) in [5.74, 6) is 0. The molecule has 0 aliphatic rings. The van der Waals surface area contributed by atoms with Crippen LogP contribution in [0.4, 0.5) is 0 Å². The Morgan fingerprint density at radius 2 is 1.62 bits per heavy atom. The molecule has 24 heavy (non-hydrogen) atoms. The first kappa shape index (κ1) is 16.9. The predicted molar refractivity (Wildman–Crippen MR) is 102 cm³/mol. The van der Waals surface area contributed by atoms with Crippen molar-refractivity contribution in [3.8, 4) is 0 Å². The zero-order chi connectivity index (χ0) is 17.3. The van der Waals surface area contributed by atoms with Crippen LogP contribution in [0.3, 0.4) is 0 Å². The van der Waals surface area contributed by atoms with E-state index in [4.69, 9.17) is 0 Å². The second-order valence-corrected chi connectivity index (χ2v) is 6.95. The van der Waals surface area contributed by atoms with Crippen LogP contribution in [0.5, 0.6) is 0 Å². The van der Waals surface area contributed by atoms with E-state index in [-0.39, 0.29) is 0 Å². The van der Waals surface area contributed by atoms with Gasteiger partial charge in [-0.05, 0) is 44.0 Å². The second-order valence-electron chi connectivity index (χ2n) is 5.24. The van der Waals surface area contributed by atoms with Crippen LogP contribution in [0.2, 0.25) is 0 Å².